The number of para-hydroxylation sites is 1. The lowest BCUT2D eigenvalue weighted by atomic mass is 10.1. The molecule has 1 heterocycles. The quantitative estimate of drug-likeness (QED) is 0.531. The Hall–Kier alpha value is -3.03. The number of hydrogen-bond acceptors (Lipinski definition) is 5. The Morgan fingerprint density at radius 1 is 1.07 bits per heavy atom. The van der Waals surface area contributed by atoms with Gasteiger partial charge in [-0.3, -0.25) is 14.4 Å². The molecule has 29 heavy (non-hydrogen) atoms. The molecule has 0 N–H and O–H groups in total. The van der Waals surface area contributed by atoms with E-state index in [4.69, 9.17) is 9.47 Å². The molecule has 1 atom stereocenters. The van der Waals surface area contributed by atoms with E-state index in [1.165, 1.54) is 19.1 Å². The second-order valence-electron chi connectivity index (χ2n) is 6.85. The minimum Gasteiger partial charge on any atom is -0.354 e. The normalized spacial score (nSPS) is 16.6. The third-order valence-electron chi connectivity index (χ3n) is 4.94. The van der Waals surface area contributed by atoms with Crippen LogP contribution in [0.1, 0.15) is 22.3 Å². The van der Waals surface area contributed by atoms with E-state index in [-0.39, 0.29) is 24.8 Å². The zero-order valence-corrected chi connectivity index (χ0v) is 16.7. The summed E-state index contributed by atoms with van der Waals surface area (Å²) >= 11 is 0. The maximum absolute atomic E-state index is 13.2. The monoisotopic (exact) mass is 396 g/mol. The fourth-order valence-corrected chi connectivity index (χ4v) is 3.33. The lowest BCUT2D eigenvalue weighted by molar-refractivity contribution is -0.128. The molecule has 0 bridgehead atoms. The van der Waals surface area contributed by atoms with Crippen LogP contribution in [0.25, 0.3) is 0 Å². The average molecular weight is 396 g/mol. The average Bonchev–Trinajstić information content (AvgIpc) is 3.03. The third-order valence-corrected chi connectivity index (χ3v) is 4.94. The van der Waals surface area contributed by atoms with Gasteiger partial charge >= 0.3 is 0 Å². The molecule has 0 aromatic heterocycles. The molecule has 0 aliphatic carbocycles. The Kier molecular flexibility index (Phi) is 6.41. The Morgan fingerprint density at radius 2 is 1.69 bits per heavy atom. The molecule has 7 nitrogen and oxygen atoms in total. The molecule has 1 fully saturated rings. The number of rotatable bonds is 7. The van der Waals surface area contributed by atoms with Crippen LogP contribution in [0.15, 0.2) is 54.6 Å². The van der Waals surface area contributed by atoms with Crippen molar-refractivity contribution in [2.75, 3.05) is 25.7 Å². The summed E-state index contributed by atoms with van der Waals surface area (Å²) in [5.74, 6) is -1.14. The topological polar surface area (TPSA) is 76.2 Å². The molecule has 1 unspecified atom stereocenters. The highest BCUT2D eigenvalue weighted by atomic mass is 16.7. The van der Waals surface area contributed by atoms with Crippen molar-refractivity contribution >= 4 is 23.4 Å². The van der Waals surface area contributed by atoms with E-state index in [9.17, 15) is 14.4 Å². The number of ether oxygens (including phenoxy) is 2. The molecular formula is C22H24N2O5. The summed E-state index contributed by atoms with van der Waals surface area (Å²) in [5, 5.41) is 0. The number of benzene rings is 2. The zero-order valence-electron chi connectivity index (χ0n) is 16.7. The highest BCUT2D eigenvalue weighted by Gasteiger charge is 2.45. The van der Waals surface area contributed by atoms with Crippen molar-refractivity contribution < 1.29 is 23.9 Å². The van der Waals surface area contributed by atoms with Crippen LogP contribution in [-0.4, -0.2) is 55.7 Å². The number of nitrogens with zero attached hydrogens (tertiary/aromatic N) is 2. The Morgan fingerprint density at radius 3 is 2.28 bits per heavy atom. The third kappa shape index (κ3) is 4.36. The largest absolute Gasteiger partial charge is 0.354 e. The first-order valence-electron chi connectivity index (χ1n) is 9.31. The number of methoxy groups -OCH3 is 2. The van der Waals surface area contributed by atoms with E-state index in [0.29, 0.717) is 11.3 Å². The highest BCUT2D eigenvalue weighted by Crippen LogP contribution is 2.27. The summed E-state index contributed by atoms with van der Waals surface area (Å²) in [4.78, 5) is 41.5. The van der Waals surface area contributed by atoms with E-state index in [0.717, 1.165) is 10.5 Å². The predicted molar refractivity (Wildman–Crippen MR) is 107 cm³/mol. The Labute approximate surface area is 169 Å². The SMILES string of the molecule is COC(CN(C(=O)c1ccc(C)cc1)C1CC(=O)N(c2ccccc2)C1=O)OC. The maximum Gasteiger partial charge on any atom is 0.257 e. The van der Waals surface area contributed by atoms with Gasteiger partial charge in [0.25, 0.3) is 11.8 Å². The van der Waals surface area contributed by atoms with Crippen LogP contribution in [0.5, 0.6) is 0 Å². The van der Waals surface area contributed by atoms with Gasteiger partial charge in [-0.2, -0.15) is 0 Å². The van der Waals surface area contributed by atoms with E-state index in [1.807, 2.05) is 19.1 Å². The summed E-state index contributed by atoms with van der Waals surface area (Å²) in [6, 6.07) is 14.8. The van der Waals surface area contributed by atoms with Gasteiger partial charge in [-0.25, -0.2) is 4.90 Å². The van der Waals surface area contributed by atoms with Crippen molar-refractivity contribution in [1.29, 1.82) is 0 Å². The minimum atomic E-state index is -0.927. The molecule has 2 aromatic rings. The van der Waals surface area contributed by atoms with Crippen LogP contribution < -0.4 is 4.90 Å². The maximum atomic E-state index is 13.2. The summed E-state index contributed by atoms with van der Waals surface area (Å²) in [6.07, 6.45) is -0.816. The van der Waals surface area contributed by atoms with E-state index >= 15 is 0 Å². The van der Waals surface area contributed by atoms with Gasteiger partial charge < -0.3 is 14.4 Å². The van der Waals surface area contributed by atoms with Crippen LogP contribution in [0.2, 0.25) is 0 Å². The highest BCUT2D eigenvalue weighted by molar-refractivity contribution is 6.23. The number of aryl methyl sites for hydroxylation is 1. The number of hydrogen-bond donors (Lipinski definition) is 0. The molecular weight excluding hydrogens is 372 g/mol. The Bertz CT molecular complexity index is 878. The number of carbonyl (C=O) groups is 3. The lowest BCUT2D eigenvalue weighted by Gasteiger charge is -2.30. The van der Waals surface area contributed by atoms with Gasteiger partial charge in [-0.15, -0.1) is 0 Å². The van der Waals surface area contributed by atoms with Gasteiger partial charge in [-0.1, -0.05) is 35.9 Å². The molecule has 152 valence electrons. The fraction of sp³-hybridized carbons (Fsp3) is 0.318. The molecule has 0 radical (unpaired) electrons. The standard InChI is InChI=1S/C22H24N2O5/c1-15-9-11-16(12-10-15)21(26)23(14-20(28-2)29-3)18-13-19(25)24(22(18)27)17-7-5-4-6-8-17/h4-12,18,20H,13-14H2,1-3H3. The van der Waals surface area contributed by atoms with Crippen LogP contribution in [0, 0.1) is 6.92 Å². The predicted octanol–water partition coefficient (Wildman–Crippen LogP) is 2.39. The number of amides is 3. The summed E-state index contributed by atoms with van der Waals surface area (Å²) in [7, 11) is 2.92. The van der Waals surface area contributed by atoms with Gasteiger partial charge in [0.05, 0.1) is 18.7 Å². The number of imide groups is 1. The lowest BCUT2D eigenvalue weighted by Crippen LogP contribution is -2.49. The van der Waals surface area contributed by atoms with E-state index < -0.39 is 18.2 Å². The minimum absolute atomic E-state index is 0.0199. The van der Waals surface area contributed by atoms with Crippen LogP contribution >= 0.6 is 0 Å². The first-order valence-corrected chi connectivity index (χ1v) is 9.31. The van der Waals surface area contributed by atoms with Gasteiger partial charge in [0.15, 0.2) is 6.29 Å². The molecule has 7 heteroatoms. The Balaban J connectivity index is 1.93. The summed E-state index contributed by atoms with van der Waals surface area (Å²) in [6.45, 7) is 1.95. The van der Waals surface area contributed by atoms with Crippen molar-refractivity contribution in [3.63, 3.8) is 0 Å². The molecule has 0 spiro atoms. The molecule has 1 aliphatic heterocycles. The van der Waals surface area contributed by atoms with Crippen molar-refractivity contribution in [1.82, 2.24) is 4.90 Å². The molecule has 1 saturated heterocycles. The summed E-state index contributed by atoms with van der Waals surface area (Å²) < 4.78 is 10.5. The van der Waals surface area contributed by atoms with E-state index in [1.54, 1.807) is 42.5 Å². The second kappa shape index (κ2) is 8.98. The van der Waals surface area contributed by atoms with Crippen molar-refractivity contribution in [2.45, 2.75) is 25.7 Å². The van der Waals surface area contributed by atoms with Crippen molar-refractivity contribution in [3.8, 4) is 0 Å². The fourth-order valence-electron chi connectivity index (χ4n) is 3.33. The van der Waals surface area contributed by atoms with Gasteiger partial charge in [-0.05, 0) is 31.2 Å². The first-order chi connectivity index (χ1) is 14.0. The molecule has 2 aromatic carbocycles. The van der Waals surface area contributed by atoms with Crippen LogP contribution in [-0.2, 0) is 19.1 Å². The first kappa shape index (κ1) is 20.7. The number of anilines is 1. The van der Waals surface area contributed by atoms with E-state index in [2.05, 4.69) is 0 Å². The van der Waals surface area contributed by atoms with Gasteiger partial charge in [0.1, 0.15) is 6.04 Å². The molecule has 3 rings (SSSR count). The van der Waals surface area contributed by atoms with Gasteiger partial charge in [0.2, 0.25) is 5.91 Å². The smallest absolute Gasteiger partial charge is 0.257 e. The van der Waals surface area contributed by atoms with Crippen molar-refractivity contribution in [3.05, 3.63) is 65.7 Å². The van der Waals surface area contributed by atoms with Gasteiger partial charge in [0, 0.05) is 19.8 Å². The molecule has 3 amide bonds. The van der Waals surface area contributed by atoms with Crippen LogP contribution in [0.4, 0.5) is 5.69 Å². The molecule has 0 saturated carbocycles. The molecule has 1 aliphatic rings. The number of carbonyl (C=O) groups excluding carboxylic acids is 3. The van der Waals surface area contributed by atoms with Crippen LogP contribution in [0.3, 0.4) is 0 Å². The summed E-state index contributed by atoms with van der Waals surface area (Å²) in [5.41, 5.74) is 1.94. The van der Waals surface area contributed by atoms with Crippen molar-refractivity contribution in [2.24, 2.45) is 0 Å². The zero-order chi connectivity index (χ0) is 21.0. The second-order valence-corrected chi connectivity index (χ2v) is 6.85.